The normalized spacial score (nSPS) is 77.9. The Morgan fingerprint density at radius 1 is 1.29 bits per heavy atom. The van der Waals surface area contributed by atoms with E-state index in [0.29, 0.717) is 23.7 Å². The highest BCUT2D eigenvalue weighted by atomic mass is 16.5. The molecule has 0 spiro atoms. The van der Waals surface area contributed by atoms with Crippen molar-refractivity contribution in [2.24, 2.45) is 46.7 Å². The van der Waals surface area contributed by atoms with Crippen LogP contribution in [-0.4, -0.2) is 18.6 Å². The monoisotopic (exact) mass is 191 g/mol. The van der Waals surface area contributed by atoms with Crippen LogP contribution < -0.4 is 5.73 Å². The molecule has 0 amide bonds. The first-order valence-corrected chi connectivity index (χ1v) is 5.58. The van der Waals surface area contributed by atoms with Crippen molar-refractivity contribution in [1.29, 1.82) is 0 Å². The molecule has 14 heavy (non-hydrogen) atoms. The molecular weight excluding hydrogens is 178 g/mol. The number of methoxy groups -OCH3 is 1. The molecule has 74 valence electrons. The maximum Gasteiger partial charge on any atom is 0.314 e. The predicted octanol–water partition coefficient (Wildman–Crippen LogP) is -0.00140. The van der Waals surface area contributed by atoms with Gasteiger partial charge in [0, 0.05) is 5.54 Å². The van der Waals surface area contributed by atoms with Gasteiger partial charge in [0.15, 0.2) is 0 Å². The summed E-state index contributed by atoms with van der Waals surface area (Å²) in [5.41, 5.74) is 6.16. The van der Waals surface area contributed by atoms with Crippen LogP contribution in [0, 0.1) is 40.9 Å². The molecular formula is C11H13NO2. The molecule has 0 saturated heterocycles. The number of carbonyl (C=O) groups excluding carboxylic acids is 1. The van der Waals surface area contributed by atoms with Crippen LogP contribution >= 0.6 is 0 Å². The number of hydrogen-bond donors (Lipinski definition) is 1. The van der Waals surface area contributed by atoms with E-state index in [9.17, 15) is 4.79 Å². The predicted molar refractivity (Wildman–Crippen MR) is 46.9 cm³/mol. The third-order valence-corrected chi connectivity index (χ3v) is 6.34. The summed E-state index contributed by atoms with van der Waals surface area (Å²) in [4.78, 5) is 11.9. The molecule has 6 aliphatic rings. The topological polar surface area (TPSA) is 52.3 Å². The largest absolute Gasteiger partial charge is 0.469 e. The highest BCUT2D eigenvalue weighted by Gasteiger charge is 3.06. The Kier molecular flexibility index (Phi) is 0.668. The smallest absolute Gasteiger partial charge is 0.314 e. The van der Waals surface area contributed by atoms with Crippen LogP contribution in [0.15, 0.2) is 0 Å². The SMILES string of the molecule is COC(=O)C12[C@@H]3[C@H]4C[C@@H]([C@@H]5[C@@H]4C51N)[C@@H]32. The molecule has 6 aliphatic carbocycles. The lowest BCUT2D eigenvalue weighted by Gasteiger charge is -2.18. The van der Waals surface area contributed by atoms with Crippen LogP contribution in [0.2, 0.25) is 0 Å². The minimum absolute atomic E-state index is 0.00667. The van der Waals surface area contributed by atoms with Gasteiger partial charge < -0.3 is 10.5 Å². The van der Waals surface area contributed by atoms with Gasteiger partial charge in [-0.05, 0) is 41.9 Å². The second-order valence-corrected chi connectivity index (χ2v) is 5.96. The number of esters is 1. The van der Waals surface area contributed by atoms with Crippen molar-refractivity contribution < 1.29 is 9.53 Å². The zero-order chi connectivity index (χ0) is 9.46. The van der Waals surface area contributed by atoms with Gasteiger partial charge in [-0.3, -0.25) is 4.79 Å². The van der Waals surface area contributed by atoms with Crippen molar-refractivity contribution >= 4 is 5.97 Å². The molecule has 8 atom stereocenters. The summed E-state index contributed by atoms with van der Waals surface area (Å²) in [6, 6.07) is 0. The first-order chi connectivity index (χ1) is 6.70. The Hall–Kier alpha value is -0.570. The molecule has 0 aromatic rings. The number of carbonyl (C=O) groups is 1. The molecule has 3 nitrogen and oxygen atoms in total. The molecule has 0 aromatic heterocycles. The van der Waals surface area contributed by atoms with E-state index < -0.39 is 0 Å². The lowest BCUT2D eigenvalue weighted by Crippen LogP contribution is -2.41. The van der Waals surface area contributed by atoms with Crippen LogP contribution in [-0.2, 0) is 9.53 Å². The average Bonchev–Trinajstić information content (AvgIpc) is 2.89. The van der Waals surface area contributed by atoms with Gasteiger partial charge in [0.1, 0.15) is 0 Å². The van der Waals surface area contributed by atoms with Gasteiger partial charge in [0.2, 0.25) is 0 Å². The van der Waals surface area contributed by atoms with E-state index in [-0.39, 0.29) is 16.9 Å². The molecule has 2 unspecified atom stereocenters. The summed E-state index contributed by atoms with van der Waals surface area (Å²) in [5.74, 6) is 4.23. The number of rotatable bonds is 1. The summed E-state index contributed by atoms with van der Waals surface area (Å²) < 4.78 is 4.99. The standard InChI is InChI=1S/C11H13NO2/c1-14-9(13)10-5-3-2-4(6(5)10)8-7(3)11(8,10)12/h3-8H,2,12H2,1H3/t3-,4-,5-,6+,7-,8-,10?,11?/m1/s1. The minimum atomic E-state index is -0.190. The van der Waals surface area contributed by atoms with Gasteiger partial charge in [0.25, 0.3) is 0 Å². The third-order valence-electron chi connectivity index (χ3n) is 6.34. The summed E-state index contributed by atoms with van der Waals surface area (Å²) >= 11 is 0. The zero-order valence-electron chi connectivity index (χ0n) is 8.07. The Labute approximate surface area is 82.0 Å². The zero-order valence-corrected chi connectivity index (χ0v) is 8.07. The van der Waals surface area contributed by atoms with E-state index in [1.807, 2.05) is 0 Å². The fraction of sp³-hybridized carbons (Fsp3) is 0.909. The van der Waals surface area contributed by atoms with Crippen molar-refractivity contribution in [3.8, 4) is 0 Å². The highest BCUT2D eigenvalue weighted by molar-refractivity contribution is 5.89. The highest BCUT2D eigenvalue weighted by Crippen LogP contribution is 3.00. The molecule has 2 N–H and O–H groups in total. The molecule has 2 bridgehead atoms. The lowest BCUT2D eigenvalue weighted by molar-refractivity contribution is -0.149. The van der Waals surface area contributed by atoms with Crippen LogP contribution in [0.25, 0.3) is 0 Å². The number of ether oxygens (including phenoxy) is 1. The molecule has 6 fully saturated rings. The maximum atomic E-state index is 11.9. The molecule has 0 aliphatic heterocycles. The Morgan fingerprint density at radius 2 is 1.86 bits per heavy atom. The Balaban J connectivity index is 1.78. The third kappa shape index (κ3) is 0.300. The van der Waals surface area contributed by atoms with Crippen molar-refractivity contribution in [3.05, 3.63) is 0 Å². The molecule has 0 aromatic carbocycles. The Morgan fingerprint density at radius 3 is 2.21 bits per heavy atom. The number of hydrogen-bond acceptors (Lipinski definition) is 3. The second-order valence-electron chi connectivity index (χ2n) is 5.96. The van der Waals surface area contributed by atoms with Crippen molar-refractivity contribution in [3.63, 3.8) is 0 Å². The molecule has 0 radical (unpaired) electrons. The first-order valence-electron chi connectivity index (χ1n) is 5.58. The van der Waals surface area contributed by atoms with E-state index in [0.717, 1.165) is 11.8 Å². The van der Waals surface area contributed by atoms with Crippen molar-refractivity contribution in [2.45, 2.75) is 12.0 Å². The van der Waals surface area contributed by atoms with Crippen LogP contribution in [0.1, 0.15) is 6.42 Å². The van der Waals surface area contributed by atoms with Crippen LogP contribution in [0.4, 0.5) is 0 Å². The molecule has 6 saturated carbocycles. The summed E-state index contributed by atoms with van der Waals surface area (Å²) in [6.07, 6.45) is 1.36. The van der Waals surface area contributed by atoms with E-state index in [1.165, 1.54) is 13.5 Å². The van der Waals surface area contributed by atoms with Crippen LogP contribution in [0.3, 0.4) is 0 Å². The second kappa shape index (κ2) is 1.37. The van der Waals surface area contributed by atoms with Crippen molar-refractivity contribution in [2.75, 3.05) is 7.11 Å². The first kappa shape index (κ1) is 6.83. The van der Waals surface area contributed by atoms with Crippen LogP contribution in [0.5, 0.6) is 0 Å². The fourth-order valence-corrected chi connectivity index (χ4v) is 6.45. The van der Waals surface area contributed by atoms with Gasteiger partial charge in [-0.1, -0.05) is 0 Å². The molecule has 0 heterocycles. The quantitative estimate of drug-likeness (QED) is 0.593. The van der Waals surface area contributed by atoms with E-state index in [1.54, 1.807) is 0 Å². The lowest BCUT2D eigenvalue weighted by atomic mass is 9.94. The summed E-state index contributed by atoms with van der Waals surface area (Å²) in [7, 11) is 1.51. The number of nitrogens with two attached hydrogens (primary N) is 1. The van der Waals surface area contributed by atoms with E-state index in [4.69, 9.17) is 10.5 Å². The molecule has 3 heteroatoms. The van der Waals surface area contributed by atoms with Gasteiger partial charge >= 0.3 is 5.97 Å². The van der Waals surface area contributed by atoms with E-state index >= 15 is 0 Å². The van der Waals surface area contributed by atoms with Gasteiger partial charge in [-0.2, -0.15) is 0 Å². The average molecular weight is 191 g/mol. The summed E-state index contributed by atoms with van der Waals surface area (Å²) in [5, 5.41) is 0. The minimum Gasteiger partial charge on any atom is -0.469 e. The van der Waals surface area contributed by atoms with Gasteiger partial charge in [-0.25, -0.2) is 0 Å². The fourth-order valence-electron chi connectivity index (χ4n) is 6.45. The van der Waals surface area contributed by atoms with Gasteiger partial charge in [0.05, 0.1) is 12.5 Å². The maximum absolute atomic E-state index is 11.9. The van der Waals surface area contributed by atoms with E-state index in [2.05, 4.69) is 0 Å². The molecule has 6 rings (SSSR count). The Bertz CT molecular complexity index is 378. The van der Waals surface area contributed by atoms with Gasteiger partial charge in [-0.15, -0.1) is 0 Å². The summed E-state index contributed by atoms with van der Waals surface area (Å²) in [6.45, 7) is 0. The van der Waals surface area contributed by atoms with Crippen molar-refractivity contribution in [1.82, 2.24) is 0 Å².